The Bertz CT molecular complexity index is 1800. The number of nitrogens with one attached hydrogen (secondary N) is 1. The number of pyridine rings is 1. The standard InChI is InChI=1S/C29H25F4N7O4/c30-23-17(3-1-4-19(23)29(31,32)33)18-13-40(26-22(18)25(35-15-36-26)39-11-16(41)12-39)14-21(42)38-9-6-28(7-10-38)20-5-2-8-34-24(20)37-27(43)44-28/h1-5,8,13,15-16,41H,6-7,9-12,14H2,(H,34,37,43). The summed E-state index contributed by atoms with van der Waals surface area (Å²) in [5, 5.41) is 12.7. The summed E-state index contributed by atoms with van der Waals surface area (Å²) in [6.45, 7) is 0.758. The summed E-state index contributed by atoms with van der Waals surface area (Å²) in [6, 6.07) is 6.61. The number of carbonyl (C=O) groups excluding carboxylic acids is 2. The SMILES string of the molecule is O=C1Nc2ncccc2C2(CCN(C(=O)Cn3cc(-c4cccc(C(F)(F)F)c4F)c4c(N5CC(O)C5)ncnc43)CC2)O1. The highest BCUT2D eigenvalue weighted by Crippen LogP contribution is 2.43. The monoisotopic (exact) mass is 611 g/mol. The number of ether oxygens (including phenoxy) is 1. The lowest BCUT2D eigenvalue weighted by molar-refractivity contribution is -0.140. The molecule has 3 aromatic heterocycles. The summed E-state index contributed by atoms with van der Waals surface area (Å²) in [6.07, 6.45) is -1.23. The van der Waals surface area contributed by atoms with Gasteiger partial charge < -0.3 is 24.2 Å². The third-order valence-electron chi connectivity index (χ3n) is 8.43. The Morgan fingerprint density at radius 1 is 1.09 bits per heavy atom. The zero-order chi connectivity index (χ0) is 30.8. The highest BCUT2D eigenvalue weighted by atomic mass is 19.4. The molecule has 0 radical (unpaired) electrons. The number of carbonyl (C=O) groups is 2. The molecule has 0 unspecified atom stereocenters. The van der Waals surface area contributed by atoms with Gasteiger partial charge in [0, 0.05) is 68.1 Å². The number of piperidine rings is 1. The first-order valence-electron chi connectivity index (χ1n) is 13.9. The van der Waals surface area contributed by atoms with Crippen molar-refractivity contribution in [2.75, 3.05) is 36.4 Å². The van der Waals surface area contributed by atoms with Crippen LogP contribution in [0.15, 0.2) is 49.1 Å². The van der Waals surface area contributed by atoms with Crippen molar-refractivity contribution < 1.29 is 37.0 Å². The predicted molar refractivity (Wildman–Crippen MR) is 148 cm³/mol. The molecule has 1 spiro atoms. The Kier molecular flexibility index (Phi) is 6.46. The quantitative estimate of drug-likeness (QED) is 0.333. The fourth-order valence-corrected chi connectivity index (χ4v) is 6.22. The first-order chi connectivity index (χ1) is 21.0. The summed E-state index contributed by atoms with van der Waals surface area (Å²) in [4.78, 5) is 42.0. The Labute approximate surface area is 247 Å². The van der Waals surface area contributed by atoms with Crippen LogP contribution in [0.3, 0.4) is 0 Å². The first kappa shape index (κ1) is 28.0. The molecule has 44 heavy (non-hydrogen) atoms. The highest BCUT2D eigenvalue weighted by Gasteiger charge is 2.45. The molecule has 2 saturated heterocycles. The van der Waals surface area contributed by atoms with Crippen molar-refractivity contribution in [3.8, 4) is 11.1 Å². The van der Waals surface area contributed by atoms with Crippen LogP contribution in [0.2, 0.25) is 0 Å². The van der Waals surface area contributed by atoms with Crippen LogP contribution in [-0.2, 0) is 27.9 Å². The van der Waals surface area contributed by atoms with Gasteiger partial charge in [0.2, 0.25) is 5.91 Å². The van der Waals surface area contributed by atoms with Gasteiger partial charge in [0.15, 0.2) is 0 Å². The number of β-amino-alcohol motifs (C(OH)–C–C–N with tert-alkyl or cyclic N) is 1. The van der Waals surface area contributed by atoms with Crippen molar-refractivity contribution >= 4 is 34.7 Å². The maximum Gasteiger partial charge on any atom is 0.419 e. The number of anilines is 2. The highest BCUT2D eigenvalue weighted by molar-refractivity contribution is 6.02. The maximum absolute atomic E-state index is 15.4. The number of aromatic nitrogens is 4. The number of hydrogen-bond donors (Lipinski definition) is 2. The molecule has 6 heterocycles. The minimum atomic E-state index is -4.92. The number of aliphatic hydroxyl groups is 1. The molecule has 1 aromatic carbocycles. The molecule has 2 fully saturated rings. The molecule has 0 saturated carbocycles. The lowest BCUT2D eigenvalue weighted by Crippen LogP contribution is -2.51. The predicted octanol–water partition coefficient (Wildman–Crippen LogP) is 3.91. The molecular weight excluding hydrogens is 586 g/mol. The second kappa shape index (κ2) is 10.1. The van der Waals surface area contributed by atoms with Crippen LogP contribution in [0.25, 0.3) is 22.2 Å². The van der Waals surface area contributed by atoms with Crippen molar-refractivity contribution in [3.05, 3.63) is 66.0 Å². The summed E-state index contributed by atoms with van der Waals surface area (Å²) >= 11 is 0. The number of nitrogens with zero attached hydrogens (tertiary/aromatic N) is 6. The molecule has 4 aromatic rings. The number of hydrogen-bond acceptors (Lipinski definition) is 8. The van der Waals surface area contributed by atoms with Gasteiger partial charge in [0.1, 0.15) is 41.6 Å². The van der Waals surface area contributed by atoms with Gasteiger partial charge in [-0.3, -0.25) is 10.1 Å². The minimum Gasteiger partial charge on any atom is -0.437 e. The largest absolute Gasteiger partial charge is 0.437 e. The van der Waals surface area contributed by atoms with Crippen molar-refractivity contribution in [3.63, 3.8) is 0 Å². The summed E-state index contributed by atoms with van der Waals surface area (Å²) in [5.74, 6) is -1.02. The van der Waals surface area contributed by atoms with Gasteiger partial charge in [-0.25, -0.2) is 24.1 Å². The Balaban J connectivity index is 1.21. The van der Waals surface area contributed by atoms with Crippen LogP contribution in [0, 0.1) is 5.82 Å². The maximum atomic E-state index is 15.4. The van der Waals surface area contributed by atoms with Crippen LogP contribution in [-0.4, -0.2) is 73.8 Å². The number of aliphatic hydroxyl groups excluding tert-OH is 1. The van der Waals surface area contributed by atoms with E-state index >= 15 is 4.39 Å². The van der Waals surface area contributed by atoms with Crippen molar-refractivity contribution in [1.29, 1.82) is 0 Å². The zero-order valence-corrected chi connectivity index (χ0v) is 23.0. The van der Waals surface area contributed by atoms with E-state index in [1.54, 1.807) is 22.1 Å². The summed E-state index contributed by atoms with van der Waals surface area (Å²) in [7, 11) is 0. The molecule has 0 aliphatic carbocycles. The Morgan fingerprint density at radius 3 is 2.59 bits per heavy atom. The molecule has 0 atom stereocenters. The van der Waals surface area contributed by atoms with Gasteiger partial charge in [-0.05, 0) is 18.2 Å². The zero-order valence-electron chi connectivity index (χ0n) is 23.0. The van der Waals surface area contributed by atoms with E-state index in [1.165, 1.54) is 23.2 Å². The van der Waals surface area contributed by atoms with E-state index in [-0.39, 0.29) is 60.8 Å². The molecule has 3 aliphatic rings. The van der Waals surface area contributed by atoms with Gasteiger partial charge in [0.25, 0.3) is 0 Å². The van der Waals surface area contributed by atoms with E-state index in [4.69, 9.17) is 4.74 Å². The van der Waals surface area contributed by atoms with Crippen molar-refractivity contribution in [1.82, 2.24) is 24.4 Å². The average molecular weight is 612 g/mol. The van der Waals surface area contributed by atoms with Gasteiger partial charge in [-0.15, -0.1) is 0 Å². The number of benzene rings is 1. The molecule has 3 aliphatic heterocycles. The van der Waals surface area contributed by atoms with E-state index in [1.807, 2.05) is 6.07 Å². The van der Waals surface area contributed by atoms with Gasteiger partial charge in [-0.2, -0.15) is 13.2 Å². The second-order valence-corrected chi connectivity index (χ2v) is 11.1. The number of alkyl halides is 3. The fourth-order valence-electron chi connectivity index (χ4n) is 6.22. The van der Waals surface area contributed by atoms with Crippen LogP contribution < -0.4 is 10.2 Å². The normalized spacial score (nSPS) is 18.2. The Morgan fingerprint density at radius 2 is 1.86 bits per heavy atom. The van der Waals surface area contributed by atoms with E-state index in [9.17, 15) is 27.9 Å². The van der Waals surface area contributed by atoms with E-state index < -0.39 is 35.4 Å². The number of rotatable bonds is 4. The molecule has 15 heteroatoms. The molecule has 0 bridgehead atoms. The van der Waals surface area contributed by atoms with E-state index in [0.717, 1.165) is 11.6 Å². The van der Waals surface area contributed by atoms with Crippen LogP contribution >= 0.6 is 0 Å². The van der Waals surface area contributed by atoms with Gasteiger partial charge >= 0.3 is 12.3 Å². The molecule has 11 nitrogen and oxygen atoms in total. The number of likely N-dealkylation sites (tertiary alicyclic amines) is 1. The topological polar surface area (TPSA) is 126 Å². The fraction of sp³-hybridized carbons (Fsp3) is 0.345. The lowest BCUT2D eigenvalue weighted by Gasteiger charge is -2.43. The van der Waals surface area contributed by atoms with Crippen molar-refractivity contribution in [2.24, 2.45) is 0 Å². The van der Waals surface area contributed by atoms with E-state index in [0.29, 0.717) is 30.5 Å². The minimum absolute atomic E-state index is 0.0942. The lowest BCUT2D eigenvalue weighted by atomic mass is 9.83. The molecular formula is C29H25F4N7O4. The average Bonchev–Trinajstić information content (AvgIpc) is 3.33. The molecule has 2 amide bonds. The molecule has 7 rings (SSSR count). The van der Waals surface area contributed by atoms with Gasteiger partial charge in [-0.1, -0.05) is 12.1 Å². The summed E-state index contributed by atoms with van der Waals surface area (Å²) < 4.78 is 63.4. The Hall–Kier alpha value is -4.79. The molecule has 228 valence electrons. The third kappa shape index (κ3) is 4.58. The first-order valence-corrected chi connectivity index (χ1v) is 13.9. The number of halogens is 4. The van der Waals surface area contributed by atoms with E-state index in [2.05, 4.69) is 20.3 Å². The van der Waals surface area contributed by atoms with Gasteiger partial charge in [0.05, 0.1) is 17.1 Å². The smallest absolute Gasteiger partial charge is 0.419 e. The number of amides is 2. The number of fused-ring (bicyclic) bond motifs is 3. The van der Waals surface area contributed by atoms with Crippen LogP contribution in [0.1, 0.15) is 24.0 Å². The van der Waals surface area contributed by atoms with Crippen molar-refractivity contribution in [2.45, 2.75) is 37.3 Å². The third-order valence-corrected chi connectivity index (χ3v) is 8.43. The second-order valence-electron chi connectivity index (χ2n) is 11.1. The molecule has 2 N–H and O–H groups in total. The van der Waals surface area contributed by atoms with Crippen LogP contribution in [0.5, 0.6) is 0 Å². The van der Waals surface area contributed by atoms with Crippen LogP contribution in [0.4, 0.5) is 34.0 Å². The summed E-state index contributed by atoms with van der Waals surface area (Å²) in [5.41, 5.74) is -1.60.